The molecule has 2 N–H and O–H groups in total. The van der Waals surface area contributed by atoms with E-state index >= 15 is 0 Å². The number of carboxylic acids is 1. The first-order valence-electron chi connectivity index (χ1n) is 14.9. The highest BCUT2D eigenvalue weighted by molar-refractivity contribution is 7.89. The lowest BCUT2D eigenvalue weighted by molar-refractivity contribution is -0.142. The van der Waals surface area contributed by atoms with Crippen molar-refractivity contribution in [3.8, 4) is 0 Å². The third-order valence-corrected chi connectivity index (χ3v) is 9.88. The molecule has 10 nitrogen and oxygen atoms in total. The van der Waals surface area contributed by atoms with Crippen LogP contribution < -0.4 is 5.32 Å². The fourth-order valence-corrected chi connectivity index (χ4v) is 7.45. The summed E-state index contributed by atoms with van der Waals surface area (Å²) in [5.74, 6) is -1.83. The number of ketones is 1. The van der Waals surface area contributed by atoms with Crippen LogP contribution in [0.1, 0.15) is 69.9 Å². The largest absolute Gasteiger partial charge is 0.480 e. The number of carbonyl (C=O) groups excluding carboxylic acids is 2. The van der Waals surface area contributed by atoms with Crippen molar-refractivity contribution in [2.75, 3.05) is 6.54 Å². The van der Waals surface area contributed by atoms with E-state index in [-0.39, 0.29) is 17.1 Å². The molecule has 43 heavy (non-hydrogen) atoms. The Hall–Kier alpha value is -3.41. The molecular weight excluding hydrogens is 570 g/mol. The molecule has 0 aromatic heterocycles. The second-order valence-electron chi connectivity index (χ2n) is 11.3. The molecule has 2 aromatic carbocycles. The predicted octanol–water partition coefficient (Wildman–Crippen LogP) is 3.92. The molecule has 2 aliphatic heterocycles. The quantitative estimate of drug-likeness (QED) is 0.291. The Morgan fingerprint density at radius 3 is 2.37 bits per heavy atom. The average molecular weight is 612 g/mol. The van der Waals surface area contributed by atoms with Crippen LogP contribution in [-0.2, 0) is 42.0 Å². The maximum absolute atomic E-state index is 13.4. The molecule has 4 rings (SSSR count). The van der Waals surface area contributed by atoms with Crippen LogP contribution in [0.25, 0.3) is 0 Å². The monoisotopic (exact) mass is 611 g/mol. The number of rotatable bonds is 15. The predicted molar refractivity (Wildman–Crippen MR) is 162 cm³/mol. The Balaban J connectivity index is 1.31. The van der Waals surface area contributed by atoms with Gasteiger partial charge in [0.1, 0.15) is 24.1 Å². The van der Waals surface area contributed by atoms with Crippen molar-refractivity contribution in [1.82, 2.24) is 9.62 Å². The second kappa shape index (κ2) is 14.9. The number of ether oxygens (including phenoxy) is 1. The van der Waals surface area contributed by atoms with Crippen LogP contribution in [0.2, 0.25) is 0 Å². The van der Waals surface area contributed by atoms with Gasteiger partial charge in [-0.25, -0.2) is 13.2 Å². The number of aliphatic imine (C=N–C) groups is 1. The zero-order valence-electron chi connectivity index (χ0n) is 24.8. The minimum Gasteiger partial charge on any atom is -0.480 e. The third-order valence-electron chi connectivity index (χ3n) is 7.93. The first-order chi connectivity index (χ1) is 20.6. The number of carbonyl (C=O) groups is 3. The van der Waals surface area contributed by atoms with Crippen LogP contribution in [0, 0.1) is 0 Å². The lowest BCUT2D eigenvalue weighted by atomic mass is 9.99. The van der Waals surface area contributed by atoms with Gasteiger partial charge in [0.05, 0.1) is 11.0 Å². The lowest BCUT2D eigenvalue weighted by Gasteiger charge is -2.27. The molecule has 2 aliphatic rings. The summed E-state index contributed by atoms with van der Waals surface area (Å²) in [7, 11) is -4.09. The first kappa shape index (κ1) is 32.5. The molecule has 2 unspecified atom stereocenters. The van der Waals surface area contributed by atoms with Crippen LogP contribution in [0.15, 0.2) is 64.5 Å². The van der Waals surface area contributed by atoms with Crippen LogP contribution in [-0.4, -0.2) is 72.2 Å². The number of nitrogens with one attached hydrogen (secondary N) is 1. The van der Waals surface area contributed by atoms with E-state index in [0.29, 0.717) is 18.4 Å². The number of amides is 1. The summed E-state index contributed by atoms with van der Waals surface area (Å²) in [5.41, 5.74) is 2.82. The fourth-order valence-electron chi connectivity index (χ4n) is 5.70. The van der Waals surface area contributed by atoms with Gasteiger partial charge in [-0.05, 0) is 69.2 Å². The fraction of sp³-hybridized carbons (Fsp3) is 0.500. The number of nitrogens with zero attached hydrogens (tertiary/aromatic N) is 2. The van der Waals surface area contributed by atoms with Crippen molar-refractivity contribution in [3.63, 3.8) is 0 Å². The second-order valence-corrected chi connectivity index (χ2v) is 13.1. The molecule has 2 aromatic rings. The average Bonchev–Trinajstić information content (AvgIpc) is 3.60. The lowest BCUT2D eigenvalue weighted by Crippen LogP contribution is -2.54. The minimum absolute atomic E-state index is 0.0104. The van der Waals surface area contributed by atoms with Gasteiger partial charge in [-0.2, -0.15) is 4.31 Å². The number of Topliss-reactive ketones (excluding diaryl/α,β-unsaturated/α-hetero) is 1. The summed E-state index contributed by atoms with van der Waals surface area (Å²) in [6, 6.07) is 12.3. The van der Waals surface area contributed by atoms with Crippen LogP contribution >= 0.6 is 0 Å². The van der Waals surface area contributed by atoms with E-state index in [1.165, 1.54) is 24.8 Å². The number of hydrogen-bond acceptors (Lipinski definition) is 7. The molecule has 4 atom stereocenters. The van der Waals surface area contributed by atoms with Crippen molar-refractivity contribution in [2.24, 2.45) is 4.99 Å². The number of carboxylic acid groups (broad SMARTS) is 1. The zero-order valence-corrected chi connectivity index (χ0v) is 25.6. The Kier molecular flexibility index (Phi) is 11.2. The SMILES string of the molecule is CC1OC(C)N(S(=O)(=O)c2ccccc2)[C@@H]1C(=O)N[C@@H](Cc1ccc(CC(=O)CCCCCC2=NCCC2)cc1)C(=O)O. The highest BCUT2D eigenvalue weighted by atomic mass is 32.2. The normalized spacial score (nSPS) is 21.3. The van der Waals surface area contributed by atoms with E-state index < -0.39 is 46.3 Å². The maximum Gasteiger partial charge on any atom is 0.326 e. The molecule has 0 spiro atoms. The Labute approximate surface area is 253 Å². The number of hydrogen-bond donors (Lipinski definition) is 2. The van der Waals surface area contributed by atoms with Crippen LogP contribution in [0.3, 0.4) is 0 Å². The molecule has 0 saturated carbocycles. The van der Waals surface area contributed by atoms with E-state index in [9.17, 15) is 27.9 Å². The van der Waals surface area contributed by atoms with Crippen molar-refractivity contribution in [1.29, 1.82) is 0 Å². The van der Waals surface area contributed by atoms with Gasteiger partial charge in [0.15, 0.2) is 0 Å². The molecule has 1 fully saturated rings. The summed E-state index contributed by atoms with van der Waals surface area (Å²) in [6.07, 6.45) is 5.36. The van der Waals surface area contributed by atoms with E-state index in [1.807, 2.05) is 0 Å². The van der Waals surface area contributed by atoms with Gasteiger partial charge < -0.3 is 15.2 Å². The van der Waals surface area contributed by atoms with E-state index in [4.69, 9.17) is 4.74 Å². The van der Waals surface area contributed by atoms with Gasteiger partial charge in [0.25, 0.3) is 0 Å². The summed E-state index contributed by atoms with van der Waals surface area (Å²) in [6.45, 7) is 4.08. The highest BCUT2D eigenvalue weighted by Gasteiger charge is 2.49. The highest BCUT2D eigenvalue weighted by Crippen LogP contribution is 2.30. The molecule has 0 radical (unpaired) electrons. The van der Waals surface area contributed by atoms with Gasteiger partial charge in [-0.15, -0.1) is 0 Å². The van der Waals surface area contributed by atoms with E-state index in [0.717, 1.165) is 54.9 Å². The molecule has 11 heteroatoms. The first-order valence-corrected chi connectivity index (χ1v) is 16.4. The van der Waals surface area contributed by atoms with Gasteiger partial charge in [-0.3, -0.25) is 14.6 Å². The van der Waals surface area contributed by atoms with E-state index in [1.54, 1.807) is 49.4 Å². The van der Waals surface area contributed by atoms with Crippen molar-refractivity contribution >= 4 is 33.4 Å². The Morgan fingerprint density at radius 2 is 1.72 bits per heavy atom. The summed E-state index contributed by atoms with van der Waals surface area (Å²) >= 11 is 0. The standard InChI is InChI=1S/C32H41N3O7S/c1-22-30(35(23(2)42-22)43(40,41)28-13-7-4-8-14-28)31(37)34-29(32(38)39)21-25-17-15-24(16-18-25)20-27(36)12-6-3-5-10-26-11-9-19-33-26/h4,7-8,13-18,22-23,29-30H,3,5-6,9-12,19-21H2,1-2H3,(H,34,37)(H,38,39)/t22?,23?,29-,30-/m0/s1. The van der Waals surface area contributed by atoms with Crippen molar-refractivity contribution < 1.29 is 32.6 Å². The molecule has 1 amide bonds. The summed E-state index contributed by atoms with van der Waals surface area (Å²) < 4.78 is 33.4. The number of benzene rings is 2. The van der Waals surface area contributed by atoms with Gasteiger partial charge in [0, 0.05) is 31.5 Å². The van der Waals surface area contributed by atoms with Crippen LogP contribution in [0.5, 0.6) is 0 Å². The zero-order chi connectivity index (χ0) is 31.0. The Morgan fingerprint density at radius 1 is 1.02 bits per heavy atom. The Bertz CT molecular complexity index is 1410. The molecular formula is C32H41N3O7S. The smallest absolute Gasteiger partial charge is 0.326 e. The summed E-state index contributed by atoms with van der Waals surface area (Å²) in [5, 5.41) is 12.4. The minimum atomic E-state index is -4.09. The van der Waals surface area contributed by atoms with E-state index in [2.05, 4.69) is 10.3 Å². The molecule has 0 bridgehead atoms. The number of sulfonamides is 1. The van der Waals surface area contributed by atoms with Gasteiger partial charge in [-0.1, -0.05) is 48.9 Å². The van der Waals surface area contributed by atoms with Crippen LogP contribution in [0.4, 0.5) is 0 Å². The van der Waals surface area contributed by atoms with Gasteiger partial charge >= 0.3 is 5.97 Å². The van der Waals surface area contributed by atoms with Crippen molar-refractivity contribution in [3.05, 3.63) is 65.7 Å². The van der Waals surface area contributed by atoms with Gasteiger partial charge in [0.2, 0.25) is 15.9 Å². The third kappa shape index (κ3) is 8.58. The number of aliphatic carboxylic acids is 1. The number of unbranched alkanes of at least 4 members (excludes halogenated alkanes) is 2. The van der Waals surface area contributed by atoms with Crippen molar-refractivity contribution in [2.45, 2.75) is 101 Å². The summed E-state index contributed by atoms with van der Waals surface area (Å²) in [4.78, 5) is 42.4. The molecule has 2 heterocycles. The molecule has 1 saturated heterocycles. The topological polar surface area (TPSA) is 142 Å². The maximum atomic E-state index is 13.4. The molecule has 0 aliphatic carbocycles. The molecule has 232 valence electrons.